The summed E-state index contributed by atoms with van der Waals surface area (Å²) in [6, 6.07) is 14.5. The number of aromatic nitrogens is 2. The van der Waals surface area contributed by atoms with Gasteiger partial charge in [0.05, 0.1) is 18.7 Å². The van der Waals surface area contributed by atoms with E-state index < -0.39 is 11.7 Å². The van der Waals surface area contributed by atoms with Crippen LogP contribution < -0.4 is 0 Å². The lowest BCUT2D eigenvalue weighted by Gasteiger charge is -2.32. The fourth-order valence-electron chi connectivity index (χ4n) is 3.30. The van der Waals surface area contributed by atoms with Gasteiger partial charge in [0.15, 0.2) is 0 Å². The fourth-order valence-corrected chi connectivity index (χ4v) is 3.30. The van der Waals surface area contributed by atoms with Crippen molar-refractivity contribution < 1.29 is 22.8 Å². The average molecular weight is 419 g/mol. The molecule has 5 nitrogen and oxygen atoms in total. The van der Waals surface area contributed by atoms with Crippen molar-refractivity contribution in [3.8, 4) is 11.4 Å². The molecule has 1 unspecified atom stereocenters. The zero-order valence-corrected chi connectivity index (χ0v) is 16.8. The molecule has 0 saturated heterocycles. The Morgan fingerprint density at radius 2 is 1.77 bits per heavy atom. The van der Waals surface area contributed by atoms with E-state index in [0.29, 0.717) is 6.54 Å². The van der Waals surface area contributed by atoms with Crippen molar-refractivity contribution in [1.82, 2.24) is 15.0 Å². The van der Waals surface area contributed by atoms with Gasteiger partial charge in [-0.3, -0.25) is 4.90 Å². The molecule has 0 aliphatic heterocycles. The Bertz CT molecular complexity index is 942. The van der Waals surface area contributed by atoms with Crippen LogP contribution in [0.25, 0.3) is 11.4 Å². The highest BCUT2D eigenvalue weighted by Gasteiger charge is 2.31. The Balaban J connectivity index is 1.83. The maximum atomic E-state index is 13.0. The SMILES string of the molecule is CC(C)C(CO)N(Cc1ccccc1)Cc1nc(-c2cccc(C(F)(F)F)c2)no1. The topological polar surface area (TPSA) is 62.4 Å². The summed E-state index contributed by atoms with van der Waals surface area (Å²) in [4.78, 5) is 6.32. The van der Waals surface area contributed by atoms with Gasteiger partial charge in [-0.1, -0.05) is 61.5 Å². The highest BCUT2D eigenvalue weighted by Crippen LogP contribution is 2.31. The Morgan fingerprint density at radius 3 is 2.40 bits per heavy atom. The summed E-state index contributed by atoms with van der Waals surface area (Å²) in [5.41, 5.74) is 0.531. The van der Waals surface area contributed by atoms with Crippen LogP contribution in [0.15, 0.2) is 59.1 Å². The molecule has 1 aromatic heterocycles. The summed E-state index contributed by atoms with van der Waals surface area (Å²) in [5, 5.41) is 13.8. The largest absolute Gasteiger partial charge is 0.416 e. The van der Waals surface area contributed by atoms with Crippen LogP contribution in [0, 0.1) is 5.92 Å². The second kappa shape index (κ2) is 9.40. The third-order valence-corrected chi connectivity index (χ3v) is 4.91. The number of rotatable bonds is 8. The van der Waals surface area contributed by atoms with Gasteiger partial charge < -0.3 is 9.63 Å². The molecule has 0 saturated carbocycles. The summed E-state index contributed by atoms with van der Waals surface area (Å²) < 4.78 is 44.3. The molecule has 3 rings (SSSR count). The third-order valence-electron chi connectivity index (χ3n) is 4.91. The Labute approximate surface area is 173 Å². The Hall–Kier alpha value is -2.71. The van der Waals surface area contributed by atoms with Crippen molar-refractivity contribution in [1.29, 1.82) is 0 Å². The van der Waals surface area contributed by atoms with Crippen molar-refractivity contribution in [2.24, 2.45) is 5.92 Å². The standard InChI is InChI=1S/C22H24F3N3O2/c1-15(2)19(14-29)28(12-16-7-4-3-5-8-16)13-20-26-21(27-30-20)17-9-6-10-18(11-17)22(23,24)25/h3-11,15,19,29H,12-14H2,1-2H3. The van der Waals surface area contributed by atoms with Gasteiger partial charge >= 0.3 is 6.18 Å². The molecule has 0 spiro atoms. The normalized spacial score (nSPS) is 13.2. The second-order valence-corrected chi connectivity index (χ2v) is 7.47. The first-order chi connectivity index (χ1) is 14.3. The van der Waals surface area contributed by atoms with Gasteiger partial charge in [0, 0.05) is 18.2 Å². The van der Waals surface area contributed by atoms with Gasteiger partial charge in [-0.05, 0) is 23.6 Å². The maximum Gasteiger partial charge on any atom is 0.416 e. The number of aliphatic hydroxyl groups excluding tert-OH is 1. The van der Waals surface area contributed by atoms with E-state index >= 15 is 0 Å². The molecule has 8 heteroatoms. The van der Waals surface area contributed by atoms with E-state index in [1.54, 1.807) is 0 Å². The summed E-state index contributed by atoms with van der Waals surface area (Å²) in [6.07, 6.45) is -4.44. The molecule has 1 heterocycles. The smallest absolute Gasteiger partial charge is 0.395 e. The predicted octanol–water partition coefficient (Wildman–Crippen LogP) is 4.77. The molecule has 0 aliphatic rings. The summed E-state index contributed by atoms with van der Waals surface area (Å²) >= 11 is 0. The number of hydrogen-bond donors (Lipinski definition) is 1. The highest BCUT2D eigenvalue weighted by atomic mass is 19.4. The molecular weight excluding hydrogens is 395 g/mol. The second-order valence-electron chi connectivity index (χ2n) is 7.47. The molecule has 0 amide bonds. The number of aliphatic hydroxyl groups is 1. The van der Waals surface area contributed by atoms with Crippen LogP contribution in [-0.2, 0) is 19.3 Å². The predicted molar refractivity (Wildman–Crippen MR) is 106 cm³/mol. The van der Waals surface area contributed by atoms with Gasteiger partial charge in [0.2, 0.25) is 11.7 Å². The molecule has 160 valence electrons. The molecule has 30 heavy (non-hydrogen) atoms. The van der Waals surface area contributed by atoms with Crippen LogP contribution in [0.5, 0.6) is 0 Å². The first-order valence-corrected chi connectivity index (χ1v) is 9.67. The van der Waals surface area contributed by atoms with Crippen LogP contribution >= 0.6 is 0 Å². The molecular formula is C22H24F3N3O2. The Morgan fingerprint density at radius 1 is 1.03 bits per heavy atom. The number of halogens is 3. The van der Waals surface area contributed by atoms with Gasteiger partial charge in [-0.15, -0.1) is 0 Å². The minimum atomic E-state index is -4.44. The van der Waals surface area contributed by atoms with Gasteiger partial charge in [0.25, 0.3) is 0 Å². The van der Waals surface area contributed by atoms with E-state index in [4.69, 9.17) is 4.52 Å². The van der Waals surface area contributed by atoms with Crippen LogP contribution in [0.4, 0.5) is 13.2 Å². The van der Waals surface area contributed by atoms with Crippen LogP contribution in [0.3, 0.4) is 0 Å². The zero-order chi connectivity index (χ0) is 21.7. The monoisotopic (exact) mass is 419 g/mol. The van der Waals surface area contributed by atoms with Crippen molar-refractivity contribution >= 4 is 0 Å². The van der Waals surface area contributed by atoms with Crippen molar-refractivity contribution in [3.63, 3.8) is 0 Å². The Kier molecular flexibility index (Phi) is 6.89. The zero-order valence-electron chi connectivity index (χ0n) is 16.8. The summed E-state index contributed by atoms with van der Waals surface area (Å²) in [5.74, 6) is 0.544. The first kappa shape index (κ1) is 22.0. The van der Waals surface area contributed by atoms with Gasteiger partial charge in [-0.2, -0.15) is 18.2 Å². The molecule has 1 atom stereocenters. The number of hydrogen-bond acceptors (Lipinski definition) is 5. The molecule has 0 radical (unpaired) electrons. The third kappa shape index (κ3) is 5.46. The molecule has 0 bridgehead atoms. The van der Waals surface area contributed by atoms with Gasteiger partial charge in [-0.25, -0.2) is 0 Å². The maximum absolute atomic E-state index is 13.0. The minimum Gasteiger partial charge on any atom is -0.395 e. The van der Waals surface area contributed by atoms with E-state index in [-0.39, 0.29) is 42.4 Å². The highest BCUT2D eigenvalue weighted by molar-refractivity contribution is 5.55. The molecule has 2 aromatic carbocycles. The average Bonchev–Trinajstić information content (AvgIpc) is 3.17. The first-order valence-electron chi connectivity index (χ1n) is 9.67. The summed E-state index contributed by atoms with van der Waals surface area (Å²) in [7, 11) is 0. The number of alkyl halides is 3. The van der Waals surface area contributed by atoms with Crippen LogP contribution in [0.2, 0.25) is 0 Å². The molecule has 0 fully saturated rings. The lowest BCUT2D eigenvalue weighted by molar-refractivity contribution is -0.137. The lowest BCUT2D eigenvalue weighted by Crippen LogP contribution is -2.40. The van der Waals surface area contributed by atoms with Crippen molar-refractivity contribution in [2.45, 2.75) is 39.2 Å². The summed E-state index contributed by atoms with van der Waals surface area (Å²) in [6.45, 7) is 4.82. The number of benzene rings is 2. The van der Waals surface area contributed by atoms with E-state index in [0.717, 1.165) is 17.7 Å². The molecule has 3 aromatic rings. The quantitative estimate of drug-likeness (QED) is 0.570. The van der Waals surface area contributed by atoms with E-state index in [2.05, 4.69) is 10.1 Å². The molecule has 1 N–H and O–H groups in total. The van der Waals surface area contributed by atoms with E-state index in [1.165, 1.54) is 12.1 Å². The van der Waals surface area contributed by atoms with Crippen molar-refractivity contribution in [2.75, 3.05) is 6.61 Å². The fraction of sp³-hybridized carbons (Fsp3) is 0.364. The number of nitrogens with zero attached hydrogens (tertiary/aromatic N) is 3. The van der Waals surface area contributed by atoms with Crippen molar-refractivity contribution in [3.05, 3.63) is 71.6 Å². The lowest BCUT2D eigenvalue weighted by atomic mass is 10.0. The molecule has 0 aliphatic carbocycles. The van der Waals surface area contributed by atoms with E-state index in [9.17, 15) is 18.3 Å². The van der Waals surface area contributed by atoms with E-state index in [1.807, 2.05) is 49.1 Å². The van der Waals surface area contributed by atoms with Crippen LogP contribution in [-0.4, -0.2) is 32.8 Å². The van der Waals surface area contributed by atoms with Crippen LogP contribution in [0.1, 0.15) is 30.9 Å². The minimum absolute atomic E-state index is 0.0425. The van der Waals surface area contributed by atoms with Gasteiger partial charge in [0.1, 0.15) is 0 Å².